The van der Waals surface area contributed by atoms with Crippen LogP contribution in [0, 0.1) is 0 Å². The van der Waals surface area contributed by atoms with Crippen molar-refractivity contribution in [2.45, 2.75) is 37.6 Å². The third-order valence-electron chi connectivity index (χ3n) is 3.75. The van der Waals surface area contributed by atoms with E-state index in [9.17, 15) is 14.4 Å². The largest absolute Gasteiger partial charge is 0.353 e. The Kier molecular flexibility index (Phi) is 3.87. The number of nitrogens with zero attached hydrogens (tertiary/aromatic N) is 1. The second-order valence-electron chi connectivity index (χ2n) is 5.02. The van der Waals surface area contributed by atoms with Crippen molar-refractivity contribution < 1.29 is 14.4 Å². The van der Waals surface area contributed by atoms with Gasteiger partial charge in [0.15, 0.2) is 0 Å². The standard InChI is InChI=1S/C13H19N3O3/c1-2-10(17)14-8-5-9-16-11(18)13(15-12(16)19)6-3-4-7-13/h2H,1,3-9H2,(H,14,17)(H,15,19). The number of urea groups is 1. The van der Waals surface area contributed by atoms with Gasteiger partial charge in [-0.2, -0.15) is 0 Å². The number of carbonyl (C=O) groups excluding carboxylic acids is 3. The highest BCUT2D eigenvalue weighted by atomic mass is 16.2. The summed E-state index contributed by atoms with van der Waals surface area (Å²) in [4.78, 5) is 36.3. The van der Waals surface area contributed by atoms with Gasteiger partial charge >= 0.3 is 6.03 Å². The Bertz CT molecular complexity index is 413. The van der Waals surface area contributed by atoms with Crippen LogP contribution in [0.4, 0.5) is 4.79 Å². The van der Waals surface area contributed by atoms with Crippen LogP contribution in [0.1, 0.15) is 32.1 Å². The van der Waals surface area contributed by atoms with E-state index in [1.807, 2.05) is 0 Å². The summed E-state index contributed by atoms with van der Waals surface area (Å²) in [6.45, 7) is 4.11. The van der Waals surface area contributed by atoms with Crippen LogP contribution in [0.2, 0.25) is 0 Å². The third-order valence-corrected chi connectivity index (χ3v) is 3.75. The molecule has 1 heterocycles. The molecular weight excluding hydrogens is 246 g/mol. The maximum Gasteiger partial charge on any atom is 0.325 e. The lowest BCUT2D eigenvalue weighted by atomic mass is 9.98. The molecule has 0 aromatic rings. The number of nitrogens with one attached hydrogen (secondary N) is 2. The molecule has 6 nitrogen and oxygen atoms in total. The van der Waals surface area contributed by atoms with Crippen LogP contribution < -0.4 is 10.6 Å². The molecule has 2 rings (SSSR count). The minimum atomic E-state index is -0.637. The van der Waals surface area contributed by atoms with Gasteiger partial charge in [-0.3, -0.25) is 14.5 Å². The summed E-state index contributed by atoms with van der Waals surface area (Å²) in [5.41, 5.74) is -0.637. The van der Waals surface area contributed by atoms with Gasteiger partial charge in [0.1, 0.15) is 5.54 Å². The number of amides is 4. The fraction of sp³-hybridized carbons (Fsp3) is 0.615. The Morgan fingerprint density at radius 1 is 1.42 bits per heavy atom. The summed E-state index contributed by atoms with van der Waals surface area (Å²) < 4.78 is 0. The topological polar surface area (TPSA) is 78.5 Å². The zero-order chi connectivity index (χ0) is 13.9. The van der Waals surface area contributed by atoms with Crippen molar-refractivity contribution in [3.8, 4) is 0 Å². The molecular formula is C13H19N3O3. The SMILES string of the molecule is C=CC(=O)NCCCN1C(=O)NC2(CCCC2)C1=O. The van der Waals surface area contributed by atoms with Gasteiger partial charge < -0.3 is 10.6 Å². The molecule has 2 fully saturated rings. The Balaban J connectivity index is 1.84. The monoisotopic (exact) mass is 265 g/mol. The summed E-state index contributed by atoms with van der Waals surface area (Å²) >= 11 is 0. The second kappa shape index (κ2) is 5.42. The molecule has 2 aliphatic rings. The summed E-state index contributed by atoms with van der Waals surface area (Å²) in [7, 11) is 0. The molecule has 1 aliphatic carbocycles. The number of rotatable bonds is 5. The van der Waals surface area contributed by atoms with Gasteiger partial charge in [-0.05, 0) is 25.3 Å². The van der Waals surface area contributed by atoms with E-state index in [2.05, 4.69) is 17.2 Å². The lowest BCUT2D eigenvalue weighted by molar-refractivity contribution is -0.131. The minimum absolute atomic E-state index is 0.106. The van der Waals surface area contributed by atoms with Crippen LogP contribution in [0.15, 0.2) is 12.7 Å². The van der Waals surface area contributed by atoms with Crippen molar-refractivity contribution in [3.05, 3.63) is 12.7 Å². The summed E-state index contributed by atoms with van der Waals surface area (Å²) in [5.74, 6) is -0.352. The van der Waals surface area contributed by atoms with Gasteiger partial charge in [0.05, 0.1) is 0 Å². The van der Waals surface area contributed by atoms with Gasteiger partial charge in [0.2, 0.25) is 5.91 Å². The van der Waals surface area contributed by atoms with Crippen LogP contribution in [-0.2, 0) is 9.59 Å². The summed E-state index contributed by atoms with van der Waals surface area (Å²) in [6.07, 6.45) is 5.18. The van der Waals surface area contributed by atoms with Crippen LogP contribution in [0.25, 0.3) is 0 Å². The number of hydrogen-bond acceptors (Lipinski definition) is 3. The highest BCUT2D eigenvalue weighted by molar-refractivity contribution is 6.07. The van der Waals surface area contributed by atoms with E-state index in [4.69, 9.17) is 0 Å². The van der Waals surface area contributed by atoms with E-state index in [0.717, 1.165) is 25.7 Å². The normalized spacial score (nSPS) is 20.7. The highest BCUT2D eigenvalue weighted by Gasteiger charge is 2.51. The van der Waals surface area contributed by atoms with E-state index in [1.165, 1.54) is 11.0 Å². The first-order valence-corrected chi connectivity index (χ1v) is 6.63. The van der Waals surface area contributed by atoms with Crippen LogP contribution in [-0.4, -0.2) is 41.4 Å². The molecule has 104 valence electrons. The summed E-state index contributed by atoms with van der Waals surface area (Å²) in [5, 5.41) is 5.44. The molecule has 0 unspecified atom stereocenters. The van der Waals surface area contributed by atoms with Gasteiger partial charge in [0, 0.05) is 13.1 Å². The lowest BCUT2D eigenvalue weighted by Crippen LogP contribution is -2.44. The van der Waals surface area contributed by atoms with E-state index in [1.54, 1.807) is 0 Å². The Hall–Kier alpha value is -1.85. The Morgan fingerprint density at radius 2 is 2.11 bits per heavy atom. The first-order chi connectivity index (χ1) is 9.09. The fourth-order valence-corrected chi connectivity index (χ4v) is 2.72. The number of carbonyl (C=O) groups is 3. The minimum Gasteiger partial charge on any atom is -0.353 e. The smallest absolute Gasteiger partial charge is 0.325 e. The first-order valence-electron chi connectivity index (χ1n) is 6.63. The Labute approximate surface area is 112 Å². The van der Waals surface area contributed by atoms with Gasteiger partial charge in [-0.15, -0.1) is 0 Å². The predicted molar refractivity (Wildman–Crippen MR) is 69.3 cm³/mol. The molecule has 19 heavy (non-hydrogen) atoms. The molecule has 0 atom stereocenters. The molecule has 0 bridgehead atoms. The second-order valence-corrected chi connectivity index (χ2v) is 5.02. The lowest BCUT2D eigenvalue weighted by Gasteiger charge is -2.19. The fourth-order valence-electron chi connectivity index (χ4n) is 2.72. The van der Waals surface area contributed by atoms with Crippen molar-refractivity contribution in [1.82, 2.24) is 15.5 Å². The molecule has 4 amide bonds. The van der Waals surface area contributed by atoms with Crippen LogP contribution in [0.3, 0.4) is 0 Å². The van der Waals surface area contributed by atoms with E-state index in [0.29, 0.717) is 19.5 Å². The van der Waals surface area contributed by atoms with E-state index in [-0.39, 0.29) is 17.8 Å². The molecule has 0 aromatic heterocycles. The van der Waals surface area contributed by atoms with Crippen molar-refractivity contribution in [3.63, 3.8) is 0 Å². The van der Waals surface area contributed by atoms with E-state index >= 15 is 0 Å². The average Bonchev–Trinajstić information content (AvgIpc) is 2.94. The maximum absolute atomic E-state index is 12.3. The van der Waals surface area contributed by atoms with E-state index < -0.39 is 5.54 Å². The molecule has 2 N–H and O–H groups in total. The zero-order valence-electron chi connectivity index (χ0n) is 10.9. The number of imide groups is 1. The van der Waals surface area contributed by atoms with Gasteiger partial charge in [0.25, 0.3) is 5.91 Å². The van der Waals surface area contributed by atoms with Crippen LogP contribution >= 0.6 is 0 Å². The third kappa shape index (κ3) is 2.62. The molecule has 1 spiro atoms. The molecule has 1 aliphatic heterocycles. The van der Waals surface area contributed by atoms with Crippen molar-refractivity contribution in [2.75, 3.05) is 13.1 Å². The van der Waals surface area contributed by atoms with Crippen molar-refractivity contribution in [1.29, 1.82) is 0 Å². The highest BCUT2D eigenvalue weighted by Crippen LogP contribution is 2.34. The van der Waals surface area contributed by atoms with Crippen LogP contribution in [0.5, 0.6) is 0 Å². The molecule has 0 aromatic carbocycles. The molecule has 0 radical (unpaired) electrons. The number of hydrogen-bond donors (Lipinski definition) is 2. The summed E-state index contributed by atoms with van der Waals surface area (Å²) in [6, 6.07) is -0.304. The zero-order valence-corrected chi connectivity index (χ0v) is 10.9. The van der Waals surface area contributed by atoms with Gasteiger partial charge in [-0.1, -0.05) is 19.4 Å². The van der Waals surface area contributed by atoms with Crippen molar-refractivity contribution in [2.24, 2.45) is 0 Å². The molecule has 1 saturated carbocycles. The predicted octanol–water partition coefficient (Wildman–Crippen LogP) is 0.543. The van der Waals surface area contributed by atoms with Gasteiger partial charge in [-0.25, -0.2) is 4.79 Å². The van der Waals surface area contributed by atoms with Crippen molar-refractivity contribution >= 4 is 17.8 Å². The quantitative estimate of drug-likeness (QED) is 0.433. The maximum atomic E-state index is 12.3. The molecule has 1 saturated heterocycles. The first kappa shape index (κ1) is 13.6. The Morgan fingerprint density at radius 3 is 2.74 bits per heavy atom. The average molecular weight is 265 g/mol. The molecule has 6 heteroatoms.